The van der Waals surface area contributed by atoms with Gasteiger partial charge in [0.05, 0.1) is 11.6 Å². The number of hydrogen-bond donors (Lipinski definition) is 0. The van der Waals surface area contributed by atoms with E-state index in [0.29, 0.717) is 16.5 Å². The van der Waals surface area contributed by atoms with E-state index >= 15 is 0 Å². The lowest BCUT2D eigenvalue weighted by Crippen LogP contribution is -2.38. The van der Waals surface area contributed by atoms with Gasteiger partial charge in [-0.05, 0) is 24.3 Å². The van der Waals surface area contributed by atoms with Crippen molar-refractivity contribution in [1.82, 2.24) is 0 Å². The molecule has 23 heavy (non-hydrogen) atoms. The molecule has 0 atom stereocenters. The number of rotatable bonds is 3. The van der Waals surface area contributed by atoms with Crippen LogP contribution in [0.4, 0.5) is 0 Å². The van der Waals surface area contributed by atoms with Gasteiger partial charge in [-0.15, -0.1) is 0 Å². The van der Waals surface area contributed by atoms with Gasteiger partial charge in [-0.25, -0.2) is 4.79 Å². The van der Waals surface area contributed by atoms with Crippen molar-refractivity contribution in [2.24, 2.45) is 0 Å². The minimum absolute atomic E-state index is 0.00399. The predicted octanol–water partition coefficient (Wildman–Crippen LogP) is 2.60. The van der Waals surface area contributed by atoms with Crippen LogP contribution in [0.2, 0.25) is 0 Å². The Hall–Kier alpha value is -2.78. The Morgan fingerprint density at radius 2 is 1.96 bits per heavy atom. The van der Waals surface area contributed by atoms with Crippen molar-refractivity contribution in [3.05, 3.63) is 74.8 Å². The molecule has 112 valence electrons. The van der Waals surface area contributed by atoms with Crippen LogP contribution in [0, 0.1) is 11.3 Å². The lowest BCUT2D eigenvalue weighted by molar-refractivity contribution is -0.683. The van der Waals surface area contributed by atoms with Gasteiger partial charge in [-0.2, -0.15) is 9.83 Å². The highest BCUT2D eigenvalue weighted by atomic mass is 79.9. The molecule has 0 unspecified atom stereocenters. The number of carbonyl (C=O) groups is 1. The van der Waals surface area contributed by atoms with Gasteiger partial charge < -0.3 is 4.42 Å². The van der Waals surface area contributed by atoms with Crippen molar-refractivity contribution in [2.75, 3.05) is 0 Å². The minimum atomic E-state index is -0.654. The molecule has 0 aliphatic heterocycles. The van der Waals surface area contributed by atoms with Gasteiger partial charge >= 0.3 is 5.63 Å². The predicted molar refractivity (Wildman–Crippen MR) is 85.9 cm³/mol. The van der Waals surface area contributed by atoms with Gasteiger partial charge in [0.1, 0.15) is 11.1 Å². The Kier molecular flexibility index (Phi) is 4.04. The van der Waals surface area contributed by atoms with E-state index in [9.17, 15) is 9.59 Å². The molecule has 6 heteroatoms. The second-order valence-corrected chi connectivity index (χ2v) is 5.84. The number of benzene rings is 1. The van der Waals surface area contributed by atoms with Crippen LogP contribution in [0.5, 0.6) is 0 Å². The topological polar surface area (TPSA) is 74.9 Å². The molecule has 0 saturated carbocycles. The lowest BCUT2D eigenvalue weighted by atomic mass is 10.1. The van der Waals surface area contributed by atoms with Gasteiger partial charge in [0, 0.05) is 22.0 Å². The third-order valence-electron chi connectivity index (χ3n) is 3.34. The van der Waals surface area contributed by atoms with E-state index in [2.05, 4.69) is 15.9 Å². The summed E-state index contributed by atoms with van der Waals surface area (Å²) < 4.78 is 7.63. The summed E-state index contributed by atoms with van der Waals surface area (Å²) in [6, 6.07) is 12.0. The Bertz CT molecular complexity index is 1000. The van der Waals surface area contributed by atoms with Crippen molar-refractivity contribution in [3.8, 4) is 6.07 Å². The van der Waals surface area contributed by atoms with Crippen LogP contribution < -0.4 is 10.2 Å². The zero-order valence-electron chi connectivity index (χ0n) is 11.8. The Morgan fingerprint density at radius 3 is 2.65 bits per heavy atom. The molecule has 0 aliphatic carbocycles. The van der Waals surface area contributed by atoms with E-state index in [0.717, 1.165) is 4.47 Å². The van der Waals surface area contributed by atoms with E-state index in [-0.39, 0.29) is 17.9 Å². The first-order chi connectivity index (χ1) is 11.1. The Balaban J connectivity index is 1.95. The summed E-state index contributed by atoms with van der Waals surface area (Å²) in [6.45, 7) is -0.00399. The average molecular weight is 370 g/mol. The molecule has 3 aromatic rings. The van der Waals surface area contributed by atoms with Crippen LogP contribution >= 0.6 is 15.9 Å². The molecule has 0 aliphatic rings. The summed E-state index contributed by atoms with van der Waals surface area (Å²) in [5.74, 6) is -0.352. The van der Waals surface area contributed by atoms with E-state index in [1.165, 1.54) is 0 Å². The quantitative estimate of drug-likeness (QED) is 0.404. The Labute approximate surface area is 139 Å². The molecule has 3 rings (SSSR count). The number of aromatic nitrogens is 1. The van der Waals surface area contributed by atoms with E-state index in [4.69, 9.17) is 9.68 Å². The third kappa shape index (κ3) is 3.20. The summed E-state index contributed by atoms with van der Waals surface area (Å²) in [5, 5.41) is 9.44. The number of halogens is 1. The molecule has 0 N–H and O–H groups in total. The van der Waals surface area contributed by atoms with Gasteiger partial charge in [0.15, 0.2) is 12.4 Å². The van der Waals surface area contributed by atoms with Crippen LogP contribution in [-0.4, -0.2) is 5.78 Å². The third-order valence-corrected chi connectivity index (χ3v) is 3.83. The maximum Gasteiger partial charge on any atom is 0.347 e. The maximum absolute atomic E-state index is 12.4. The zero-order valence-corrected chi connectivity index (χ0v) is 13.4. The van der Waals surface area contributed by atoms with Crippen molar-refractivity contribution in [1.29, 1.82) is 5.26 Å². The Morgan fingerprint density at radius 1 is 1.22 bits per heavy atom. The monoisotopic (exact) mass is 369 g/mol. The molecular formula is C17H10BrN2O3+. The summed E-state index contributed by atoms with van der Waals surface area (Å²) >= 11 is 3.34. The molecule has 0 amide bonds. The summed E-state index contributed by atoms with van der Waals surface area (Å²) in [6.07, 6.45) is 3.24. The number of nitrogens with zero attached hydrogens (tertiary/aromatic N) is 2. The number of pyridine rings is 1. The molecule has 2 aromatic heterocycles. The van der Waals surface area contributed by atoms with Crippen LogP contribution in [0.15, 0.2) is 62.5 Å². The molecule has 0 bridgehead atoms. The van der Waals surface area contributed by atoms with Crippen LogP contribution in [0.1, 0.15) is 15.9 Å². The van der Waals surface area contributed by atoms with E-state index in [1.807, 2.05) is 6.07 Å². The zero-order chi connectivity index (χ0) is 16.4. The van der Waals surface area contributed by atoms with Crippen molar-refractivity contribution in [2.45, 2.75) is 6.54 Å². The first kappa shape index (κ1) is 15.1. The standard InChI is InChI=1S/C17H10BrN2O3/c18-13-1-2-16-12(7-13)8-14(17(22)23-16)15(21)10-20-5-3-11(9-19)4-6-20/h1-8H,10H2/q+1. The smallest absolute Gasteiger partial charge is 0.347 e. The second kappa shape index (κ2) is 6.15. The number of nitriles is 1. The number of fused-ring (bicyclic) bond motifs is 1. The van der Waals surface area contributed by atoms with Gasteiger partial charge in [-0.3, -0.25) is 4.79 Å². The fourth-order valence-electron chi connectivity index (χ4n) is 2.18. The molecule has 2 heterocycles. The molecule has 1 aromatic carbocycles. The average Bonchev–Trinajstić information content (AvgIpc) is 2.55. The van der Waals surface area contributed by atoms with Gasteiger partial charge in [0.2, 0.25) is 12.3 Å². The molecule has 5 nitrogen and oxygen atoms in total. The summed E-state index contributed by atoms with van der Waals surface area (Å²) in [5.41, 5.74) is 0.288. The molecule has 0 radical (unpaired) electrons. The highest BCUT2D eigenvalue weighted by Crippen LogP contribution is 2.19. The molecule has 0 fully saturated rings. The van der Waals surface area contributed by atoms with E-state index in [1.54, 1.807) is 53.4 Å². The largest absolute Gasteiger partial charge is 0.422 e. The highest BCUT2D eigenvalue weighted by Gasteiger charge is 2.18. The van der Waals surface area contributed by atoms with Crippen LogP contribution in [-0.2, 0) is 6.54 Å². The fourth-order valence-corrected chi connectivity index (χ4v) is 2.56. The maximum atomic E-state index is 12.4. The normalized spacial score (nSPS) is 10.4. The fraction of sp³-hybridized carbons (Fsp3) is 0.0588. The summed E-state index contributed by atoms with van der Waals surface area (Å²) in [4.78, 5) is 24.4. The number of ketones is 1. The molecule has 0 saturated heterocycles. The molecular weight excluding hydrogens is 360 g/mol. The first-order valence-electron chi connectivity index (χ1n) is 6.72. The van der Waals surface area contributed by atoms with Crippen molar-refractivity contribution < 1.29 is 13.8 Å². The SMILES string of the molecule is N#Cc1cc[n+](CC(=O)c2cc3cc(Br)ccc3oc2=O)cc1. The van der Waals surface area contributed by atoms with Gasteiger partial charge in [-0.1, -0.05) is 15.9 Å². The number of hydrogen-bond acceptors (Lipinski definition) is 4. The highest BCUT2D eigenvalue weighted by molar-refractivity contribution is 9.10. The van der Waals surface area contributed by atoms with Crippen molar-refractivity contribution >= 4 is 32.7 Å². The second-order valence-electron chi connectivity index (χ2n) is 4.92. The lowest BCUT2D eigenvalue weighted by Gasteiger charge is -2.01. The van der Waals surface area contributed by atoms with Gasteiger partial charge in [0.25, 0.3) is 0 Å². The minimum Gasteiger partial charge on any atom is -0.422 e. The van der Waals surface area contributed by atoms with E-state index < -0.39 is 5.63 Å². The van der Waals surface area contributed by atoms with Crippen molar-refractivity contribution in [3.63, 3.8) is 0 Å². The molecule has 0 spiro atoms. The number of Topliss-reactive ketones (excluding diaryl/α,β-unsaturated/α-hetero) is 1. The summed E-state index contributed by atoms with van der Waals surface area (Å²) in [7, 11) is 0. The number of carbonyl (C=O) groups excluding carboxylic acids is 1. The van der Waals surface area contributed by atoms with Crippen LogP contribution in [0.25, 0.3) is 11.0 Å². The first-order valence-corrected chi connectivity index (χ1v) is 7.52. The van der Waals surface area contributed by atoms with Crippen LogP contribution in [0.3, 0.4) is 0 Å².